The average molecular weight is 385 g/mol. The summed E-state index contributed by atoms with van der Waals surface area (Å²) < 4.78 is 5.40. The maximum Gasteiger partial charge on any atom is 0.0859 e. The van der Waals surface area contributed by atoms with Gasteiger partial charge in [0.05, 0.1) is 36.0 Å². The largest absolute Gasteiger partial charge is 0.378 e. The molecule has 1 heterocycles. The summed E-state index contributed by atoms with van der Waals surface area (Å²) in [5.74, 6) is 0. The second-order valence-electron chi connectivity index (χ2n) is 6.87. The van der Waals surface area contributed by atoms with Crippen molar-refractivity contribution in [3.8, 4) is 0 Å². The van der Waals surface area contributed by atoms with Gasteiger partial charge in [-0.15, -0.1) is 0 Å². The molecule has 6 heteroatoms. The number of ether oxygens (including phenoxy) is 1. The summed E-state index contributed by atoms with van der Waals surface area (Å²) in [4.78, 5) is 2.31. The van der Waals surface area contributed by atoms with Crippen molar-refractivity contribution in [2.24, 2.45) is 20.5 Å². The van der Waals surface area contributed by atoms with Gasteiger partial charge in [0.1, 0.15) is 0 Å². The number of rotatable bonds is 5. The van der Waals surface area contributed by atoms with E-state index in [0.29, 0.717) is 0 Å². The lowest BCUT2D eigenvalue weighted by atomic mass is 10.2. The minimum absolute atomic E-state index is 0.775. The van der Waals surface area contributed by atoms with E-state index in [1.165, 1.54) is 5.69 Å². The molecule has 0 bridgehead atoms. The summed E-state index contributed by atoms with van der Waals surface area (Å²) in [5.41, 5.74) is 5.57. The number of anilines is 1. The van der Waals surface area contributed by atoms with Crippen LogP contribution in [0.15, 0.2) is 93.3 Å². The Labute approximate surface area is 170 Å². The maximum absolute atomic E-state index is 5.40. The second kappa shape index (κ2) is 9.21. The average Bonchev–Trinajstić information content (AvgIpc) is 2.78. The van der Waals surface area contributed by atoms with Crippen molar-refractivity contribution in [2.75, 3.05) is 31.2 Å². The fraction of sp³-hybridized carbons (Fsp3) is 0.217. The third-order valence-electron chi connectivity index (χ3n) is 4.64. The molecule has 1 fully saturated rings. The predicted octanol–water partition coefficient (Wildman–Crippen LogP) is 6.66. The molecule has 3 aromatic rings. The van der Waals surface area contributed by atoms with Gasteiger partial charge < -0.3 is 9.64 Å². The highest BCUT2D eigenvalue weighted by Gasteiger charge is 2.10. The van der Waals surface area contributed by atoms with Gasteiger partial charge in [-0.1, -0.05) is 12.1 Å². The van der Waals surface area contributed by atoms with Gasteiger partial charge in [-0.3, -0.25) is 0 Å². The molecule has 0 aliphatic carbocycles. The second-order valence-corrected chi connectivity index (χ2v) is 6.87. The van der Waals surface area contributed by atoms with Crippen LogP contribution in [0.4, 0.5) is 28.4 Å². The van der Waals surface area contributed by atoms with Crippen LogP contribution >= 0.6 is 0 Å². The standard InChI is InChI=1S/C23H23N5O/c1-18-3-2-4-22(17-18)27-26-20-7-5-19(6-8-20)24-25-21-9-11-23(12-10-21)28-13-15-29-16-14-28/h2-12,17H,13-16H2,1H3/b25-24+,27-26+. The summed E-state index contributed by atoms with van der Waals surface area (Å²) >= 11 is 0. The zero-order chi connectivity index (χ0) is 19.9. The molecule has 0 spiro atoms. The highest BCUT2D eigenvalue weighted by atomic mass is 16.5. The van der Waals surface area contributed by atoms with E-state index in [1.54, 1.807) is 0 Å². The molecule has 6 nitrogen and oxygen atoms in total. The van der Waals surface area contributed by atoms with Crippen molar-refractivity contribution in [1.82, 2.24) is 0 Å². The first kappa shape index (κ1) is 19.0. The Morgan fingerprint density at radius 1 is 0.655 bits per heavy atom. The summed E-state index contributed by atoms with van der Waals surface area (Å²) in [6.07, 6.45) is 0. The molecule has 146 valence electrons. The van der Waals surface area contributed by atoms with E-state index in [0.717, 1.165) is 54.6 Å². The van der Waals surface area contributed by atoms with E-state index in [9.17, 15) is 0 Å². The van der Waals surface area contributed by atoms with E-state index in [2.05, 4.69) is 37.5 Å². The SMILES string of the molecule is Cc1cccc(/N=N/c2ccc(/N=N/c3ccc(N4CCOCC4)cc3)cc2)c1. The van der Waals surface area contributed by atoms with E-state index in [-0.39, 0.29) is 0 Å². The zero-order valence-corrected chi connectivity index (χ0v) is 16.4. The monoisotopic (exact) mass is 385 g/mol. The first-order valence-electron chi connectivity index (χ1n) is 9.69. The highest BCUT2D eigenvalue weighted by molar-refractivity contribution is 5.53. The molecule has 0 aromatic heterocycles. The van der Waals surface area contributed by atoms with Gasteiger partial charge in [0, 0.05) is 18.8 Å². The number of morpholine rings is 1. The van der Waals surface area contributed by atoms with Gasteiger partial charge in [0.15, 0.2) is 0 Å². The molecular weight excluding hydrogens is 362 g/mol. The van der Waals surface area contributed by atoms with Crippen molar-refractivity contribution in [2.45, 2.75) is 6.92 Å². The Morgan fingerprint density at radius 3 is 1.72 bits per heavy atom. The molecule has 0 radical (unpaired) electrons. The molecule has 1 saturated heterocycles. The lowest BCUT2D eigenvalue weighted by Gasteiger charge is -2.28. The van der Waals surface area contributed by atoms with Crippen LogP contribution in [-0.2, 0) is 4.74 Å². The van der Waals surface area contributed by atoms with Crippen molar-refractivity contribution in [3.05, 3.63) is 78.4 Å². The van der Waals surface area contributed by atoms with Gasteiger partial charge in [-0.05, 0) is 73.2 Å². The van der Waals surface area contributed by atoms with Crippen LogP contribution < -0.4 is 4.90 Å². The smallest absolute Gasteiger partial charge is 0.0859 e. The number of nitrogens with zero attached hydrogens (tertiary/aromatic N) is 5. The van der Waals surface area contributed by atoms with E-state index in [1.807, 2.05) is 67.6 Å². The van der Waals surface area contributed by atoms with Crippen LogP contribution in [0.3, 0.4) is 0 Å². The Morgan fingerprint density at radius 2 is 1.17 bits per heavy atom. The summed E-state index contributed by atoms with van der Waals surface area (Å²) in [6.45, 7) is 5.45. The first-order chi connectivity index (χ1) is 14.3. The summed E-state index contributed by atoms with van der Waals surface area (Å²) in [7, 11) is 0. The number of hydrogen-bond acceptors (Lipinski definition) is 6. The van der Waals surface area contributed by atoms with Crippen LogP contribution in [0.5, 0.6) is 0 Å². The van der Waals surface area contributed by atoms with Crippen LogP contribution in [0.25, 0.3) is 0 Å². The first-order valence-corrected chi connectivity index (χ1v) is 9.69. The van der Waals surface area contributed by atoms with Gasteiger partial charge in [-0.25, -0.2) is 0 Å². The van der Waals surface area contributed by atoms with Crippen LogP contribution in [0, 0.1) is 6.92 Å². The van der Waals surface area contributed by atoms with Crippen LogP contribution in [0.1, 0.15) is 5.56 Å². The fourth-order valence-corrected chi connectivity index (χ4v) is 3.06. The topological polar surface area (TPSA) is 61.9 Å². The number of benzene rings is 3. The fourth-order valence-electron chi connectivity index (χ4n) is 3.06. The number of hydrogen-bond donors (Lipinski definition) is 0. The Hall–Kier alpha value is -3.38. The van der Waals surface area contributed by atoms with E-state index in [4.69, 9.17) is 4.74 Å². The Kier molecular flexibility index (Phi) is 6.02. The lowest BCUT2D eigenvalue weighted by molar-refractivity contribution is 0.122. The summed E-state index contributed by atoms with van der Waals surface area (Å²) in [6, 6.07) is 23.6. The Balaban J connectivity index is 1.37. The molecule has 3 aromatic carbocycles. The van der Waals surface area contributed by atoms with Crippen molar-refractivity contribution in [1.29, 1.82) is 0 Å². The molecule has 1 aliphatic rings. The normalized spacial score (nSPS) is 14.7. The molecule has 4 rings (SSSR count). The zero-order valence-electron chi connectivity index (χ0n) is 16.4. The summed E-state index contributed by atoms with van der Waals surface area (Å²) in [5, 5.41) is 17.2. The van der Waals surface area contributed by atoms with Crippen LogP contribution in [0.2, 0.25) is 0 Å². The quantitative estimate of drug-likeness (QED) is 0.461. The molecule has 0 N–H and O–H groups in total. The van der Waals surface area contributed by atoms with Gasteiger partial charge >= 0.3 is 0 Å². The third-order valence-corrected chi connectivity index (χ3v) is 4.64. The molecular formula is C23H23N5O. The number of aryl methyl sites for hydroxylation is 1. The molecule has 1 aliphatic heterocycles. The van der Waals surface area contributed by atoms with Crippen molar-refractivity contribution >= 4 is 28.4 Å². The van der Waals surface area contributed by atoms with Crippen molar-refractivity contribution < 1.29 is 4.74 Å². The van der Waals surface area contributed by atoms with Gasteiger partial charge in [0.25, 0.3) is 0 Å². The van der Waals surface area contributed by atoms with Gasteiger partial charge in [0.2, 0.25) is 0 Å². The minimum atomic E-state index is 0.775. The molecule has 0 saturated carbocycles. The molecule has 0 atom stereocenters. The van der Waals surface area contributed by atoms with Crippen molar-refractivity contribution in [3.63, 3.8) is 0 Å². The lowest BCUT2D eigenvalue weighted by Crippen LogP contribution is -2.36. The maximum atomic E-state index is 5.40. The number of azo groups is 2. The van der Waals surface area contributed by atoms with E-state index >= 15 is 0 Å². The molecule has 0 unspecified atom stereocenters. The van der Waals surface area contributed by atoms with Crippen LogP contribution in [-0.4, -0.2) is 26.3 Å². The third kappa shape index (κ3) is 5.33. The molecule has 29 heavy (non-hydrogen) atoms. The Bertz CT molecular complexity index is 991. The van der Waals surface area contributed by atoms with E-state index < -0.39 is 0 Å². The minimum Gasteiger partial charge on any atom is -0.378 e. The van der Waals surface area contributed by atoms with Gasteiger partial charge in [-0.2, -0.15) is 20.5 Å². The highest BCUT2D eigenvalue weighted by Crippen LogP contribution is 2.25. The predicted molar refractivity (Wildman–Crippen MR) is 115 cm³/mol. The molecule has 0 amide bonds.